The molecule has 4 nitrogen and oxygen atoms in total. The summed E-state index contributed by atoms with van der Waals surface area (Å²) in [5, 5.41) is 8.41. The second-order valence-electron chi connectivity index (χ2n) is 6.18. The molecule has 100 valence electrons. The van der Waals surface area contributed by atoms with Crippen LogP contribution in [0.3, 0.4) is 0 Å². The van der Waals surface area contributed by atoms with Gasteiger partial charge in [-0.25, -0.2) is 0 Å². The maximum Gasteiger partial charge on any atom is 0.495 e. The Kier molecular flexibility index (Phi) is 2.56. The number of H-pyrrole nitrogens is 1. The minimum Gasteiger partial charge on any atom is -0.399 e. The third-order valence-corrected chi connectivity index (χ3v) is 4.30. The first kappa shape index (κ1) is 12.7. The van der Waals surface area contributed by atoms with Crippen LogP contribution in [0.5, 0.6) is 0 Å². The van der Waals surface area contributed by atoms with Gasteiger partial charge in [-0.3, -0.25) is 5.10 Å². The molecule has 1 N–H and O–H groups in total. The monoisotopic (exact) mass is 258 g/mol. The zero-order valence-corrected chi connectivity index (χ0v) is 12.1. The molecule has 19 heavy (non-hydrogen) atoms. The zero-order chi connectivity index (χ0) is 13.8. The van der Waals surface area contributed by atoms with E-state index in [0.717, 1.165) is 22.1 Å². The number of benzene rings is 1. The molecule has 1 aliphatic heterocycles. The van der Waals surface area contributed by atoms with E-state index in [1.807, 2.05) is 25.1 Å². The van der Waals surface area contributed by atoms with Crippen molar-refractivity contribution >= 4 is 23.5 Å². The van der Waals surface area contributed by atoms with Crippen LogP contribution in [-0.2, 0) is 9.31 Å². The molecular formula is C14H19BN2O2. The van der Waals surface area contributed by atoms with E-state index in [0.29, 0.717) is 0 Å². The predicted molar refractivity (Wildman–Crippen MR) is 76.5 cm³/mol. The molecule has 1 aromatic heterocycles. The van der Waals surface area contributed by atoms with Crippen LogP contribution < -0.4 is 5.46 Å². The van der Waals surface area contributed by atoms with Gasteiger partial charge in [-0.1, -0.05) is 12.1 Å². The molecule has 0 spiro atoms. The number of hydrogen-bond donors (Lipinski definition) is 1. The minimum absolute atomic E-state index is 0.322. The van der Waals surface area contributed by atoms with E-state index in [4.69, 9.17) is 9.31 Å². The van der Waals surface area contributed by atoms with Crippen molar-refractivity contribution in [3.63, 3.8) is 0 Å². The van der Waals surface area contributed by atoms with Crippen molar-refractivity contribution < 1.29 is 9.31 Å². The second-order valence-corrected chi connectivity index (χ2v) is 6.18. The van der Waals surface area contributed by atoms with Gasteiger partial charge in [-0.15, -0.1) is 0 Å². The molecule has 1 saturated heterocycles. The van der Waals surface area contributed by atoms with Gasteiger partial charge in [0, 0.05) is 11.1 Å². The van der Waals surface area contributed by atoms with Crippen molar-refractivity contribution in [2.45, 2.75) is 45.8 Å². The molecule has 3 rings (SSSR count). The Hall–Kier alpha value is -1.33. The Morgan fingerprint density at radius 2 is 1.74 bits per heavy atom. The molecule has 0 aliphatic carbocycles. The fraction of sp³-hybridized carbons (Fsp3) is 0.500. The number of hydrogen-bond acceptors (Lipinski definition) is 3. The summed E-state index contributed by atoms with van der Waals surface area (Å²) in [7, 11) is -0.343. The average Bonchev–Trinajstić information content (AvgIpc) is 2.78. The predicted octanol–water partition coefficient (Wildman–Crippen LogP) is 2.17. The fourth-order valence-electron chi connectivity index (χ4n) is 2.43. The third-order valence-electron chi connectivity index (χ3n) is 4.30. The molecule has 0 bridgehead atoms. The summed E-state index contributed by atoms with van der Waals surface area (Å²) < 4.78 is 12.2. The Labute approximate surface area is 113 Å². The van der Waals surface area contributed by atoms with Crippen molar-refractivity contribution in [2.24, 2.45) is 0 Å². The topological polar surface area (TPSA) is 47.1 Å². The van der Waals surface area contributed by atoms with Crippen LogP contribution in [0.15, 0.2) is 18.2 Å². The van der Waals surface area contributed by atoms with Gasteiger partial charge in [-0.2, -0.15) is 5.10 Å². The number of aromatic amines is 1. The van der Waals surface area contributed by atoms with Crippen LogP contribution in [0.4, 0.5) is 0 Å². The molecule has 2 aromatic rings. The number of nitrogens with one attached hydrogen (secondary N) is 1. The van der Waals surface area contributed by atoms with Crippen molar-refractivity contribution in [1.82, 2.24) is 10.2 Å². The summed E-state index contributed by atoms with van der Waals surface area (Å²) in [5.41, 5.74) is 2.39. The lowest BCUT2D eigenvalue weighted by atomic mass is 9.76. The summed E-state index contributed by atoms with van der Waals surface area (Å²) in [6.07, 6.45) is 0. The van der Waals surface area contributed by atoms with Crippen LogP contribution in [0, 0.1) is 6.92 Å². The molecule has 1 aliphatic rings. The highest BCUT2D eigenvalue weighted by molar-refractivity contribution is 6.65. The highest BCUT2D eigenvalue weighted by Gasteiger charge is 2.52. The molecule has 1 aromatic carbocycles. The molecule has 2 heterocycles. The van der Waals surface area contributed by atoms with Crippen LogP contribution in [0.25, 0.3) is 10.9 Å². The van der Waals surface area contributed by atoms with Crippen LogP contribution in [0.1, 0.15) is 33.4 Å². The fourth-order valence-corrected chi connectivity index (χ4v) is 2.43. The molecule has 5 heteroatoms. The van der Waals surface area contributed by atoms with Crippen LogP contribution in [0.2, 0.25) is 0 Å². The van der Waals surface area contributed by atoms with E-state index in [-0.39, 0.29) is 18.3 Å². The Morgan fingerprint density at radius 3 is 2.37 bits per heavy atom. The van der Waals surface area contributed by atoms with Gasteiger partial charge in [0.1, 0.15) is 0 Å². The highest BCUT2D eigenvalue weighted by Crippen LogP contribution is 2.37. The number of aryl methyl sites for hydroxylation is 1. The smallest absolute Gasteiger partial charge is 0.399 e. The first-order valence-corrected chi connectivity index (χ1v) is 6.61. The van der Waals surface area contributed by atoms with Gasteiger partial charge in [-0.05, 0) is 46.1 Å². The third kappa shape index (κ3) is 1.80. The Bertz CT molecular complexity index is 617. The van der Waals surface area contributed by atoms with E-state index in [1.54, 1.807) is 0 Å². The van der Waals surface area contributed by atoms with Gasteiger partial charge >= 0.3 is 7.12 Å². The van der Waals surface area contributed by atoms with E-state index in [9.17, 15) is 0 Å². The van der Waals surface area contributed by atoms with E-state index < -0.39 is 0 Å². The summed E-state index contributed by atoms with van der Waals surface area (Å²) in [5.74, 6) is 0. The number of nitrogens with zero attached hydrogens (tertiary/aromatic N) is 1. The largest absolute Gasteiger partial charge is 0.495 e. The van der Waals surface area contributed by atoms with Gasteiger partial charge in [0.2, 0.25) is 0 Å². The number of fused-ring (bicyclic) bond motifs is 1. The maximum absolute atomic E-state index is 6.12. The molecule has 0 atom stereocenters. The van der Waals surface area contributed by atoms with Crippen molar-refractivity contribution in [1.29, 1.82) is 0 Å². The number of aromatic nitrogens is 2. The maximum atomic E-state index is 6.12. The van der Waals surface area contributed by atoms with Crippen molar-refractivity contribution in [3.8, 4) is 0 Å². The SMILES string of the molecule is Cc1[nH]nc2cccc(B3OC(C)(C)C(C)(C)O3)c12. The normalized spacial score (nSPS) is 21.2. The minimum atomic E-state index is -0.343. The van der Waals surface area contributed by atoms with Gasteiger partial charge in [0.05, 0.1) is 16.7 Å². The second kappa shape index (κ2) is 3.84. The highest BCUT2D eigenvalue weighted by atomic mass is 16.7. The molecule has 0 unspecified atom stereocenters. The van der Waals surface area contributed by atoms with E-state index in [2.05, 4.69) is 37.9 Å². The van der Waals surface area contributed by atoms with Gasteiger partial charge in [0.15, 0.2) is 0 Å². The summed E-state index contributed by atoms with van der Waals surface area (Å²) in [4.78, 5) is 0. The molecule has 0 amide bonds. The molecule has 0 radical (unpaired) electrons. The van der Waals surface area contributed by atoms with Gasteiger partial charge < -0.3 is 9.31 Å². The van der Waals surface area contributed by atoms with Crippen LogP contribution >= 0.6 is 0 Å². The van der Waals surface area contributed by atoms with Crippen LogP contribution in [-0.4, -0.2) is 28.5 Å². The Morgan fingerprint density at radius 1 is 1.11 bits per heavy atom. The molecule has 1 fully saturated rings. The quantitative estimate of drug-likeness (QED) is 0.797. The van der Waals surface area contributed by atoms with E-state index in [1.165, 1.54) is 0 Å². The lowest BCUT2D eigenvalue weighted by Crippen LogP contribution is -2.41. The summed E-state index contributed by atoms with van der Waals surface area (Å²) >= 11 is 0. The zero-order valence-electron chi connectivity index (χ0n) is 12.1. The number of rotatable bonds is 1. The lowest BCUT2D eigenvalue weighted by molar-refractivity contribution is 0.00578. The van der Waals surface area contributed by atoms with Crippen molar-refractivity contribution in [2.75, 3.05) is 0 Å². The first-order chi connectivity index (χ1) is 8.82. The van der Waals surface area contributed by atoms with Crippen molar-refractivity contribution in [3.05, 3.63) is 23.9 Å². The molecular weight excluding hydrogens is 239 g/mol. The lowest BCUT2D eigenvalue weighted by Gasteiger charge is -2.32. The molecule has 0 saturated carbocycles. The first-order valence-electron chi connectivity index (χ1n) is 6.61. The summed E-state index contributed by atoms with van der Waals surface area (Å²) in [6, 6.07) is 6.03. The van der Waals surface area contributed by atoms with E-state index >= 15 is 0 Å². The summed E-state index contributed by atoms with van der Waals surface area (Å²) in [6.45, 7) is 10.3. The average molecular weight is 258 g/mol. The van der Waals surface area contributed by atoms with Gasteiger partial charge in [0.25, 0.3) is 0 Å². The standard InChI is InChI=1S/C14H19BN2O2/c1-9-12-10(7-6-8-11(12)17-16-9)15-18-13(2,3)14(4,5)19-15/h6-8H,1-5H3,(H,16,17). The Balaban J connectivity index is 2.10.